The topological polar surface area (TPSA) is 46.2 Å². The molecule has 0 aliphatic heterocycles. The Morgan fingerprint density at radius 1 is 1.31 bits per heavy atom. The van der Waals surface area contributed by atoms with Gasteiger partial charge in [0.2, 0.25) is 0 Å². The Kier molecular flexibility index (Phi) is 4.65. The highest BCUT2D eigenvalue weighted by Crippen LogP contribution is 2.33. The molecule has 92 valence electrons. The summed E-state index contributed by atoms with van der Waals surface area (Å²) in [7, 11) is 0. The summed E-state index contributed by atoms with van der Waals surface area (Å²) in [6.45, 7) is 0. The summed E-state index contributed by atoms with van der Waals surface area (Å²) in [6, 6.07) is 0. The van der Waals surface area contributed by atoms with E-state index in [1.165, 1.54) is 0 Å². The second kappa shape index (κ2) is 5.57. The summed E-state index contributed by atoms with van der Waals surface area (Å²) in [5.41, 5.74) is -0.792. The number of hydrogen-bond acceptors (Lipinski definition) is 2. The van der Waals surface area contributed by atoms with Crippen LogP contribution in [-0.2, 0) is 9.59 Å². The molecule has 0 atom stereocenters. The van der Waals surface area contributed by atoms with Crippen LogP contribution >= 0.6 is 11.6 Å². The Morgan fingerprint density at radius 3 is 2.31 bits per heavy atom. The van der Waals surface area contributed by atoms with Gasteiger partial charge in [0, 0.05) is 12.0 Å². The van der Waals surface area contributed by atoms with Gasteiger partial charge in [-0.05, 0) is 12.8 Å². The number of nitrogens with one attached hydrogen (secondary N) is 1. The first kappa shape index (κ1) is 13.4. The highest BCUT2D eigenvalue weighted by molar-refractivity contribution is 6.27. The number of rotatable bonds is 5. The summed E-state index contributed by atoms with van der Waals surface area (Å²) in [4.78, 5) is 22.2. The van der Waals surface area contributed by atoms with Crippen molar-refractivity contribution in [2.24, 2.45) is 0 Å². The number of halogens is 3. The fourth-order valence-electron chi connectivity index (χ4n) is 2.14. The maximum atomic E-state index is 12.1. The Hall–Kier alpha value is -0.710. The van der Waals surface area contributed by atoms with Crippen molar-refractivity contribution in [3.05, 3.63) is 0 Å². The molecule has 16 heavy (non-hydrogen) atoms. The largest absolute Gasteiger partial charge is 0.345 e. The average Bonchev–Trinajstić information content (AvgIpc) is 2.66. The molecule has 0 bridgehead atoms. The molecule has 1 aliphatic rings. The molecular weight excluding hydrogens is 240 g/mol. The third-order valence-corrected chi connectivity index (χ3v) is 3.13. The van der Waals surface area contributed by atoms with Crippen LogP contribution in [0.25, 0.3) is 0 Å². The zero-order chi connectivity index (χ0) is 12.2. The third-order valence-electron chi connectivity index (χ3n) is 2.83. The van der Waals surface area contributed by atoms with Crippen LogP contribution in [0.5, 0.6) is 0 Å². The standard InChI is InChI=1S/C10H14ClF2NO2/c11-6-7(15)5-10(3-1-2-4-10)14-9(16)8(12)13/h8H,1-6H2,(H,14,16). The smallest absolute Gasteiger partial charge is 0.315 e. The normalized spacial score (nSPS) is 18.8. The molecule has 0 radical (unpaired) electrons. The minimum Gasteiger partial charge on any atom is -0.345 e. The van der Waals surface area contributed by atoms with Crippen LogP contribution in [0.2, 0.25) is 0 Å². The van der Waals surface area contributed by atoms with Crippen LogP contribution in [0.4, 0.5) is 8.78 Å². The van der Waals surface area contributed by atoms with Crippen molar-refractivity contribution >= 4 is 23.3 Å². The number of carbonyl (C=O) groups excluding carboxylic acids is 2. The molecule has 0 saturated heterocycles. The zero-order valence-electron chi connectivity index (χ0n) is 8.77. The molecule has 1 rings (SSSR count). The van der Waals surface area contributed by atoms with E-state index in [1.54, 1.807) is 0 Å². The third kappa shape index (κ3) is 3.40. The lowest BCUT2D eigenvalue weighted by Crippen LogP contribution is -2.50. The van der Waals surface area contributed by atoms with Crippen molar-refractivity contribution in [2.45, 2.75) is 44.1 Å². The molecule has 1 aliphatic carbocycles. The molecule has 1 fully saturated rings. The fourth-order valence-corrected chi connectivity index (χ4v) is 2.23. The lowest BCUT2D eigenvalue weighted by molar-refractivity contribution is -0.134. The van der Waals surface area contributed by atoms with Gasteiger partial charge < -0.3 is 5.32 Å². The van der Waals surface area contributed by atoms with Gasteiger partial charge in [0.05, 0.1) is 5.88 Å². The van der Waals surface area contributed by atoms with Crippen molar-refractivity contribution in [3.8, 4) is 0 Å². The predicted molar refractivity (Wildman–Crippen MR) is 55.7 cm³/mol. The van der Waals surface area contributed by atoms with Crippen LogP contribution in [0.15, 0.2) is 0 Å². The minimum atomic E-state index is -3.04. The molecular formula is C10H14ClF2NO2. The summed E-state index contributed by atoms with van der Waals surface area (Å²) in [5, 5.41) is 2.29. The summed E-state index contributed by atoms with van der Waals surface area (Å²) < 4.78 is 24.3. The van der Waals surface area contributed by atoms with E-state index in [1.807, 2.05) is 0 Å². The molecule has 1 saturated carbocycles. The van der Waals surface area contributed by atoms with Crippen molar-refractivity contribution < 1.29 is 18.4 Å². The Balaban J connectivity index is 2.65. The van der Waals surface area contributed by atoms with Gasteiger partial charge in [-0.25, -0.2) is 0 Å². The molecule has 3 nitrogen and oxygen atoms in total. The zero-order valence-corrected chi connectivity index (χ0v) is 9.53. The Morgan fingerprint density at radius 2 is 1.88 bits per heavy atom. The monoisotopic (exact) mass is 253 g/mol. The Bertz CT molecular complexity index is 278. The molecule has 0 aromatic rings. The summed E-state index contributed by atoms with van der Waals surface area (Å²) in [6.07, 6.45) is -0.196. The first-order valence-corrected chi connectivity index (χ1v) is 5.70. The van der Waals surface area contributed by atoms with Crippen LogP contribution in [0.3, 0.4) is 0 Å². The van der Waals surface area contributed by atoms with E-state index in [-0.39, 0.29) is 18.1 Å². The summed E-state index contributed by atoms with van der Waals surface area (Å²) in [5.74, 6) is -1.67. The van der Waals surface area contributed by atoms with E-state index >= 15 is 0 Å². The quantitative estimate of drug-likeness (QED) is 0.761. The van der Waals surface area contributed by atoms with E-state index in [0.717, 1.165) is 12.8 Å². The van der Waals surface area contributed by atoms with Gasteiger partial charge in [0.25, 0.3) is 5.91 Å². The number of carbonyl (C=O) groups is 2. The highest BCUT2D eigenvalue weighted by atomic mass is 35.5. The van der Waals surface area contributed by atoms with Crippen LogP contribution < -0.4 is 5.32 Å². The van der Waals surface area contributed by atoms with Crippen molar-refractivity contribution in [2.75, 3.05) is 5.88 Å². The molecule has 6 heteroatoms. The molecule has 0 heterocycles. The lowest BCUT2D eigenvalue weighted by Gasteiger charge is -2.29. The van der Waals surface area contributed by atoms with Gasteiger partial charge in [0.15, 0.2) is 0 Å². The van der Waals surface area contributed by atoms with Crippen LogP contribution in [0, 0.1) is 0 Å². The van der Waals surface area contributed by atoms with Gasteiger partial charge in [-0.1, -0.05) is 12.8 Å². The molecule has 1 amide bonds. The maximum absolute atomic E-state index is 12.1. The van der Waals surface area contributed by atoms with E-state index in [0.29, 0.717) is 12.8 Å². The number of amides is 1. The van der Waals surface area contributed by atoms with E-state index in [9.17, 15) is 18.4 Å². The van der Waals surface area contributed by atoms with Crippen molar-refractivity contribution in [1.82, 2.24) is 5.32 Å². The van der Waals surface area contributed by atoms with E-state index < -0.39 is 17.9 Å². The SMILES string of the molecule is O=C(CCl)CC1(NC(=O)C(F)F)CCCC1. The fraction of sp³-hybridized carbons (Fsp3) is 0.800. The molecule has 1 N–H and O–H groups in total. The highest BCUT2D eigenvalue weighted by Gasteiger charge is 2.38. The number of ketones is 1. The van der Waals surface area contributed by atoms with E-state index in [4.69, 9.17) is 11.6 Å². The van der Waals surface area contributed by atoms with Gasteiger partial charge >= 0.3 is 6.43 Å². The number of hydrogen-bond donors (Lipinski definition) is 1. The Labute approximate surface area is 97.5 Å². The second-order valence-corrected chi connectivity index (χ2v) is 4.39. The predicted octanol–water partition coefficient (Wildman–Crippen LogP) is 1.88. The van der Waals surface area contributed by atoms with Crippen LogP contribution in [-0.4, -0.2) is 29.5 Å². The van der Waals surface area contributed by atoms with Gasteiger partial charge in [0.1, 0.15) is 5.78 Å². The maximum Gasteiger partial charge on any atom is 0.315 e. The number of Topliss-reactive ketones (excluding diaryl/α,β-unsaturated/α-hetero) is 1. The molecule has 0 spiro atoms. The first-order valence-electron chi connectivity index (χ1n) is 5.17. The van der Waals surface area contributed by atoms with E-state index in [2.05, 4.69) is 5.32 Å². The molecule has 0 aromatic heterocycles. The van der Waals surface area contributed by atoms with Crippen LogP contribution in [0.1, 0.15) is 32.1 Å². The van der Waals surface area contributed by atoms with Crippen molar-refractivity contribution in [3.63, 3.8) is 0 Å². The second-order valence-electron chi connectivity index (χ2n) is 4.13. The van der Waals surface area contributed by atoms with Gasteiger partial charge in [-0.15, -0.1) is 11.6 Å². The average molecular weight is 254 g/mol. The minimum absolute atomic E-state index is 0.0506. The van der Waals surface area contributed by atoms with Crippen molar-refractivity contribution in [1.29, 1.82) is 0 Å². The summed E-state index contributed by atoms with van der Waals surface area (Å²) >= 11 is 5.38. The number of alkyl halides is 3. The molecule has 0 aromatic carbocycles. The first-order chi connectivity index (χ1) is 7.49. The van der Waals surface area contributed by atoms with Gasteiger partial charge in [-0.3, -0.25) is 9.59 Å². The van der Waals surface area contributed by atoms with Gasteiger partial charge in [-0.2, -0.15) is 8.78 Å². The lowest BCUT2D eigenvalue weighted by atomic mass is 9.91. The molecule has 0 unspecified atom stereocenters.